The smallest absolute Gasteiger partial charge is 0.252 e. The number of hydrogen-bond acceptors (Lipinski definition) is 3. The third kappa shape index (κ3) is 1.75. The fourth-order valence-corrected chi connectivity index (χ4v) is 1.71. The lowest BCUT2D eigenvalue weighted by Gasteiger charge is -2.08. The third-order valence-corrected chi connectivity index (χ3v) is 2.69. The first kappa shape index (κ1) is 11.2. The van der Waals surface area contributed by atoms with Crippen LogP contribution in [0.15, 0.2) is 24.9 Å². The quantitative estimate of drug-likeness (QED) is 0.824. The first-order valence-electron chi connectivity index (χ1n) is 5.20. The van der Waals surface area contributed by atoms with Crippen LogP contribution in [0.5, 0.6) is 0 Å². The first-order valence-corrected chi connectivity index (χ1v) is 5.20. The minimum absolute atomic E-state index is 0.416. The van der Waals surface area contributed by atoms with Crippen molar-refractivity contribution in [1.82, 2.24) is 14.7 Å². The van der Waals surface area contributed by atoms with Gasteiger partial charge in [-0.25, -0.2) is 4.98 Å². The highest BCUT2D eigenvalue weighted by Crippen LogP contribution is 2.16. The summed E-state index contributed by atoms with van der Waals surface area (Å²) in [4.78, 5) is 15.7. The van der Waals surface area contributed by atoms with Gasteiger partial charge in [0, 0.05) is 18.9 Å². The molecule has 0 saturated heterocycles. The Morgan fingerprint density at radius 1 is 1.59 bits per heavy atom. The number of nitrogens with one attached hydrogen (secondary N) is 1. The average Bonchev–Trinajstić information content (AvgIpc) is 2.72. The molecule has 17 heavy (non-hydrogen) atoms. The van der Waals surface area contributed by atoms with Crippen LogP contribution < -0.4 is 11.1 Å². The SMILES string of the molecule is C=C(NC)c1cc(C)n2ccc(C(N)=O)c2n1. The van der Waals surface area contributed by atoms with Gasteiger partial charge in [0.05, 0.1) is 17.0 Å². The number of amides is 1. The summed E-state index contributed by atoms with van der Waals surface area (Å²) < 4.78 is 1.83. The molecule has 1 amide bonds. The second-order valence-corrected chi connectivity index (χ2v) is 3.80. The zero-order valence-corrected chi connectivity index (χ0v) is 9.82. The maximum atomic E-state index is 11.3. The Bertz CT molecular complexity index is 612. The van der Waals surface area contributed by atoms with Gasteiger partial charge in [-0.15, -0.1) is 0 Å². The molecule has 0 atom stereocenters. The molecule has 2 rings (SSSR count). The van der Waals surface area contributed by atoms with Crippen LogP contribution in [-0.4, -0.2) is 22.3 Å². The highest BCUT2D eigenvalue weighted by atomic mass is 16.1. The van der Waals surface area contributed by atoms with Gasteiger partial charge in [0.15, 0.2) is 5.65 Å². The van der Waals surface area contributed by atoms with E-state index in [4.69, 9.17) is 5.73 Å². The van der Waals surface area contributed by atoms with Gasteiger partial charge in [-0.05, 0) is 19.1 Å². The van der Waals surface area contributed by atoms with E-state index < -0.39 is 5.91 Å². The maximum absolute atomic E-state index is 11.3. The van der Waals surface area contributed by atoms with E-state index in [-0.39, 0.29) is 0 Å². The monoisotopic (exact) mass is 230 g/mol. The van der Waals surface area contributed by atoms with Gasteiger partial charge in [-0.2, -0.15) is 0 Å². The van der Waals surface area contributed by atoms with Crippen molar-refractivity contribution in [2.24, 2.45) is 5.73 Å². The van der Waals surface area contributed by atoms with Gasteiger partial charge in [-0.3, -0.25) is 4.79 Å². The number of nitrogens with two attached hydrogens (primary N) is 1. The Morgan fingerprint density at radius 3 is 2.88 bits per heavy atom. The van der Waals surface area contributed by atoms with Crippen molar-refractivity contribution < 1.29 is 4.79 Å². The van der Waals surface area contributed by atoms with Crippen molar-refractivity contribution in [3.05, 3.63) is 41.9 Å². The van der Waals surface area contributed by atoms with Crippen LogP contribution in [0, 0.1) is 6.92 Å². The summed E-state index contributed by atoms with van der Waals surface area (Å²) >= 11 is 0. The number of aromatic nitrogens is 2. The number of nitrogens with zero attached hydrogens (tertiary/aromatic N) is 2. The number of rotatable bonds is 3. The van der Waals surface area contributed by atoms with Crippen LogP contribution >= 0.6 is 0 Å². The predicted molar refractivity (Wildman–Crippen MR) is 66.5 cm³/mol. The lowest BCUT2D eigenvalue weighted by Crippen LogP contribution is -2.12. The maximum Gasteiger partial charge on any atom is 0.252 e. The lowest BCUT2D eigenvalue weighted by atomic mass is 10.2. The molecule has 0 saturated carbocycles. The number of carbonyl (C=O) groups is 1. The van der Waals surface area contributed by atoms with Gasteiger partial charge in [0.2, 0.25) is 0 Å². The topological polar surface area (TPSA) is 72.4 Å². The van der Waals surface area contributed by atoms with E-state index in [1.165, 1.54) is 0 Å². The molecule has 2 heterocycles. The average molecular weight is 230 g/mol. The van der Waals surface area contributed by atoms with E-state index in [1.807, 2.05) is 17.4 Å². The van der Waals surface area contributed by atoms with Crippen LogP contribution in [0.3, 0.4) is 0 Å². The number of primary amides is 1. The summed E-state index contributed by atoms with van der Waals surface area (Å²) in [6.07, 6.45) is 1.78. The predicted octanol–water partition coefficient (Wildman–Crippen LogP) is 0.932. The summed E-state index contributed by atoms with van der Waals surface area (Å²) in [5, 5.41) is 2.93. The van der Waals surface area contributed by atoms with Gasteiger partial charge < -0.3 is 15.5 Å². The highest BCUT2D eigenvalue weighted by Gasteiger charge is 2.12. The molecule has 2 aromatic heterocycles. The fraction of sp³-hybridized carbons (Fsp3) is 0.167. The molecule has 0 spiro atoms. The van der Waals surface area contributed by atoms with Gasteiger partial charge in [-0.1, -0.05) is 6.58 Å². The fourth-order valence-electron chi connectivity index (χ4n) is 1.71. The van der Waals surface area contributed by atoms with Crippen molar-refractivity contribution >= 4 is 17.3 Å². The first-order chi connectivity index (χ1) is 8.04. The summed E-state index contributed by atoms with van der Waals surface area (Å²) in [5.41, 5.74) is 8.65. The normalized spacial score (nSPS) is 10.5. The minimum Gasteiger partial charge on any atom is -0.387 e. The lowest BCUT2D eigenvalue weighted by molar-refractivity contribution is 0.100. The number of fused-ring (bicyclic) bond motifs is 1. The van der Waals surface area contributed by atoms with Crippen molar-refractivity contribution in [3.63, 3.8) is 0 Å². The molecule has 2 aromatic rings. The van der Waals surface area contributed by atoms with Crippen molar-refractivity contribution in [2.75, 3.05) is 7.05 Å². The Labute approximate surface area is 99.0 Å². The van der Waals surface area contributed by atoms with Crippen LogP contribution in [0.1, 0.15) is 21.7 Å². The number of hydrogen-bond donors (Lipinski definition) is 2. The molecule has 3 N–H and O–H groups in total. The van der Waals surface area contributed by atoms with Crippen molar-refractivity contribution in [2.45, 2.75) is 6.92 Å². The van der Waals surface area contributed by atoms with Gasteiger partial charge >= 0.3 is 0 Å². The molecule has 5 heteroatoms. The van der Waals surface area contributed by atoms with Crippen molar-refractivity contribution in [3.8, 4) is 0 Å². The van der Waals surface area contributed by atoms with Crippen molar-refractivity contribution in [1.29, 1.82) is 0 Å². The zero-order chi connectivity index (χ0) is 12.6. The van der Waals surface area contributed by atoms with Crippen LogP contribution in [0.2, 0.25) is 0 Å². The molecular weight excluding hydrogens is 216 g/mol. The Hall–Kier alpha value is -2.30. The molecule has 0 unspecified atom stereocenters. The largest absolute Gasteiger partial charge is 0.387 e. The third-order valence-electron chi connectivity index (χ3n) is 2.69. The van der Waals surface area contributed by atoms with E-state index in [1.54, 1.807) is 19.3 Å². The Balaban J connectivity index is 2.73. The molecule has 0 aliphatic heterocycles. The Kier molecular flexibility index (Phi) is 2.59. The molecule has 0 aliphatic rings. The van der Waals surface area contributed by atoms with E-state index in [2.05, 4.69) is 16.9 Å². The van der Waals surface area contributed by atoms with E-state index in [0.717, 1.165) is 5.69 Å². The molecule has 88 valence electrons. The summed E-state index contributed by atoms with van der Waals surface area (Å²) in [7, 11) is 1.77. The molecule has 0 aromatic carbocycles. The molecule has 0 fully saturated rings. The van der Waals surface area contributed by atoms with E-state index >= 15 is 0 Å². The minimum atomic E-state index is -0.480. The zero-order valence-electron chi connectivity index (χ0n) is 9.82. The summed E-state index contributed by atoms with van der Waals surface area (Å²) in [6, 6.07) is 3.57. The molecular formula is C12H14N4O. The standard InChI is InChI=1S/C12H14N4O/c1-7-6-10(8(2)14-3)15-12-9(11(13)17)4-5-16(7)12/h4-6,14H,2H2,1,3H3,(H2,13,17). The van der Waals surface area contributed by atoms with Gasteiger partial charge in [0.1, 0.15) is 0 Å². The number of carbonyl (C=O) groups excluding carboxylic acids is 1. The van der Waals surface area contributed by atoms with Crippen LogP contribution in [-0.2, 0) is 0 Å². The van der Waals surface area contributed by atoms with Gasteiger partial charge in [0.25, 0.3) is 5.91 Å². The second kappa shape index (κ2) is 3.93. The molecule has 0 aliphatic carbocycles. The Morgan fingerprint density at radius 2 is 2.29 bits per heavy atom. The van der Waals surface area contributed by atoms with Crippen LogP contribution in [0.25, 0.3) is 11.3 Å². The number of aryl methyl sites for hydroxylation is 1. The van der Waals surface area contributed by atoms with E-state index in [0.29, 0.717) is 22.6 Å². The molecule has 0 radical (unpaired) electrons. The summed E-state index contributed by atoms with van der Waals surface area (Å²) in [6.45, 7) is 5.79. The van der Waals surface area contributed by atoms with E-state index in [9.17, 15) is 4.79 Å². The van der Waals surface area contributed by atoms with Crippen LogP contribution in [0.4, 0.5) is 0 Å². The highest BCUT2D eigenvalue weighted by molar-refractivity contribution is 5.99. The molecule has 5 nitrogen and oxygen atoms in total. The summed E-state index contributed by atoms with van der Waals surface area (Å²) in [5.74, 6) is -0.480. The molecule has 0 bridgehead atoms. The second-order valence-electron chi connectivity index (χ2n) is 3.80.